The van der Waals surface area contributed by atoms with Gasteiger partial charge in [0.2, 0.25) is 0 Å². The predicted molar refractivity (Wildman–Crippen MR) is 72.1 cm³/mol. The molecule has 1 aromatic carbocycles. The van der Waals surface area contributed by atoms with Gasteiger partial charge in [-0.05, 0) is 17.5 Å². The third-order valence-electron chi connectivity index (χ3n) is 2.66. The number of benzene rings is 1. The Labute approximate surface area is 115 Å². The molecule has 8 heteroatoms. The van der Waals surface area contributed by atoms with Crippen LogP contribution in [0.2, 0.25) is 0 Å². The molecule has 1 aromatic rings. The highest BCUT2D eigenvalue weighted by molar-refractivity contribution is 8.23. The normalized spacial score (nSPS) is 19.2. The molecule has 1 unspecified atom stereocenters. The molecule has 106 valence electrons. The van der Waals surface area contributed by atoms with E-state index in [2.05, 4.69) is 5.32 Å². The van der Waals surface area contributed by atoms with Crippen molar-refractivity contribution >= 4 is 22.5 Å². The summed E-state index contributed by atoms with van der Waals surface area (Å²) in [7, 11) is -0.497. The Hall–Kier alpha value is -2.22. The minimum atomic E-state index is -1.90. The second-order valence-corrected chi connectivity index (χ2v) is 5.80. The fourth-order valence-electron chi connectivity index (χ4n) is 1.75. The van der Waals surface area contributed by atoms with Gasteiger partial charge in [-0.15, -0.1) is 10.9 Å². The van der Waals surface area contributed by atoms with E-state index in [-0.39, 0.29) is 16.1 Å². The SMILES string of the molecule is CNC(=O)c1ccc([N+](=O)[O-])c([SH]2C=C(F)C=C2F)c1. The van der Waals surface area contributed by atoms with Gasteiger partial charge in [0.15, 0.2) is 0 Å². The number of nitrogens with one attached hydrogen (secondary N) is 1. The molecule has 0 spiro atoms. The van der Waals surface area contributed by atoms with Gasteiger partial charge in [-0.3, -0.25) is 14.9 Å². The van der Waals surface area contributed by atoms with E-state index in [0.29, 0.717) is 6.08 Å². The fourth-order valence-corrected chi connectivity index (χ4v) is 3.50. The van der Waals surface area contributed by atoms with Crippen molar-refractivity contribution in [2.24, 2.45) is 0 Å². The summed E-state index contributed by atoms with van der Waals surface area (Å²) in [5, 5.41) is 13.6. The summed E-state index contributed by atoms with van der Waals surface area (Å²) in [6.07, 6.45) is 0.696. The Kier molecular flexibility index (Phi) is 3.84. The maximum Gasteiger partial charge on any atom is 0.281 e. The summed E-state index contributed by atoms with van der Waals surface area (Å²) in [5.74, 6) is -1.22. The van der Waals surface area contributed by atoms with Gasteiger partial charge in [0.1, 0.15) is 11.0 Å². The molecule has 2 rings (SSSR count). The second-order valence-electron chi connectivity index (χ2n) is 3.89. The Morgan fingerprint density at radius 2 is 2.10 bits per heavy atom. The highest BCUT2D eigenvalue weighted by Crippen LogP contribution is 2.54. The third kappa shape index (κ3) is 2.55. The molecule has 1 heterocycles. The minimum Gasteiger partial charge on any atom is -0.355 e. The molecule has 1 aliphatic rings. The average Bonchev–Trinajstić information content (AvgIpc) is 2.75. The summed E-state index contributed by atoms with van der Waals surface area (Å²) in [4.78, 5) is 21.8. The van der Waals surface area contributed by atoms with Crippen LogP contribution in [-0.4, -0.2) is 17.9 Å². The van der Waals surface area contributed by atoms with Crippen LogP contribution in [0.25, 0.3) is 0 Å². The van der Waals surface area contributed by atoms with E-state index in [1.54, 1.807) is 0 Å². The van der Waals surface area contributed by atoms with E-state index in [1.807, 2.05) is 0 Å². The molecule has 5 nitrogen and oxygen atoms in total. The van der Waals surface area contributed by atoms with Gasteiger partial charge >= 0.3 is 0 Å². The number of nitro benzene ring substituents is 1. The molecule has 20 heavy (non-hydrogen) atoms. The van der Waals surface area contributed by atoms with Crippen molar-refractivity contribution in [2.75, 3.05) is 7.05 Å². The van der Waals surface area contributed by atoms with Crippen LogP contribution in [0.3, 0.4) is 0 Å². The standard InChI is InChI=1S/C12H10F2N2O3S/c1-15-12(17)7-2-3-9(16(18)19)10(4-7)20-6-8(13)5-11(20)14/h2-6,20H,1H3,(H,15,17). The topological polar surface area (TPSA) is 72.2 Å². The third-order valence-corrected chi connectivity index (χ3v) is 4.63. The van der Waals surface area contributed by atoms with Crippen molar-refractivity contribution in [3.8, 4) is 0 Å². The number of halogens is 2. The molecule has 1 aliphatic heterocycles. The highest BCUT2D eigenvalue weighted by atomic mass is 32.2. The van der Waals surface area contributed by atoms with Gasteiger partial charge in [0, 0.05) is 24.8 Å². The lowest BCUT2D eigenvalue weighted by Gasteiger charge is -2.13. The summed E-state index contributed by atoms with van der Waals surface area (Å²) in [6.45, 7) is 0. The molecule has 0 aromatic heterocycles. The number of carbonyl (C=O) groups is 1. The monoisotopic (exact) mass is 300 g/mol. The Bertz CT molecular complexity index is 658. The van der Waals surface area contributed by atoms with Gasteiger partial charge in [-0.1, -0.05) is 0 Å². The molecule has 0 fully saturated rings. The fraction of sp³-hybridized carbons (Fsp3) is 0.0833. The van der Waals surface area contributed by atoms with E-state index in [9.17, 15) is 23.7 Å². The van der Waals surface area contributed by atoms with Gasteiger partial charge in [0.25, 0.3) is 11.6 Å². The second kappa shape index (κ2) is 5.41. The first-order chi connectivity index (χ1) is 9.43. The summed E-state index contributed by atoms with van der Waals surface area (Å²) < 4.78 is 26.7. The van der Waals surface area contributed by atoms with Gasteiger partial charge in [-0.2, -0.15) is 0 Å². The molecular weight excluding hydrogens is 290 g/mol. The van der Waals surface area contributed by atoms with Crippen LogP contribution in [0.1, 0.15) is 10.4 Å². The zero-order valence-electron chi connectivity index (χ0n) is 10.3. The number of amides is 1. The Morgan fingerprint density at radius 3 is 2.60 bits per heavy atom. The average molecular weight is 300 g/mol. The van der Waals surface area contributed by atoms with E-state index < -0.39 is 32.7 Å². The van der Waals surface area contributed by atoms with Crippen LogP contribution < -0.4 is 5.32 Å². The molecule has 0 aliphatic carbocycles. The van der Waals surface area contributed by atoms with Crippen molar-refractivity contribution in [2.45, 2.75) is 4.90 Å². The molecular formula is C12H10F2N2O3S. The number of thiol groups is 1. The number of carbonyl (C=O) groups excluding carboxylic acids is 1. The molecule has 0 radical (unpaired) electrons. The molecule has 1 amide bonds. The lowest BCUT2D eigenvalue weighted by molar-refractivity contribution is -0.387. The van der Waals surface area contributed by atoms with Crippen molar-refractivity contribution in [1.82, 2.24) is 5.32 Å². The van der Waals surface area contributed by atoms with Crippen LogP contribution >= 0.6 is 10.9 Å². The van der Waals surface area contributed by atoms with E-state index in [1.165, 1.54) is 19.2 Å². The van der Waals surface area contributed by atoms with E-state index >= 15 is 0 Å². The predicted octanol–water partition coefficient (Wildman–Crippen LogP) is 2.95. The van der Waals surface area contributed by atoms with Gasteiger partial charge in [-0.25, -0.2) is 8.78 Å². The molecule has 1 atom stereocenters. The summed E-state index contributed by atoms with van der Waals surface area (Å²) in [5.41, 5.74) is -0.178. The van der Waals surface area contributed by atoms with Crippen LogP contribution in [0.5, 0.6) is 0 Å². The first kappa shape index (κ1) is 14.2. The lowest BCUT2D eigenvalue weighted by Crippen LogP contribution is -2.17. The van der Waals surface area contributed by atoms with Crippen LogP contribution in [0, 0.1) is 10.1 Å². The molecule has 0 bridgehead atoms. The number of nitro groups is 1. The quantitative estimate of drug-likeness (QED) is 0.512. The van der Waals surface area contributed by atoms with Crippen molar-refractivity contribution in [3.05, 3.63) is 56.3 Å². The van der Waals surface area contributed by atoms with Crippen molar-refractivity contribution in [1.29, 1.82) is 0 Å². The number of nitrogens with zero attached hydrogens (tertiary/aromatic N) is 1. The number of rotatable bonds is 3. The number of hydrogen-bond donors (Lipinski definition) is 2. The first-order valence-electron chi connectivity index (χ1n) is 5.48. The lowest BCUT2D eigenvalue weighted by atomic mass is 10.2. The smallest absolute Gasteiger partial charge is 0.281 e. The largest absolute Gasteiger partial charge is 0.355 e. The van der Waals surface area contributed by atoms with Crippen molar-refractivity contribution in [3.63, 3.8) is 0 Å². The summed E-state index contributed by atoms with van der Waals surface area (Å²) >= 11 is 0. The van der Waals surface area contributed by atoms with Crippen LogP contribution in [0.4, 0.5) is 14.5 Å². The van der Waals surface area contributed by atoms with E-state index in [4.69, 9.17) is 0 Å². The van der Waals surface area contributed by atoms with E-state index in [0.717, 1.165) is 11.5 Å². The zero-order chi connectivity index (χ0) is 14.9. The molecule has 1 N–H and O–H groups in total. The maximum atomic E-state index is 13.7. The summed E-state index contributed by atoms with van der Waals surface area (Å²) in [6, 6.07) is 3.62. The minimum absolute atomic E-state index is 0.00694. The van der Waals surface area contributed by atoms with Gasteiger partial charge in [0.05, 0.1) is 9.82 Å². The maximum absolute atomic E-state index is 13.7. The Morgan fingerprint density at radius 1 is 1.40 bits per heavy atom. The van der Waals surface area contributed by atoms with Crippen LogP contribution in [0.15, 0.2) is 45.6 Å². The molecule has 0 saturated heterocycles. The van der Waals surface area contributed by atoms with Crippen molar-refractivity contribution < 1.29 is 18.5 Å². The Balaban J connectivity index is 2.57. The molecule has 0 saturated carbocycles. The first-order valence-corrected chi connectivity index (χ1v) is 6.89. The van der Waals surface area contributed by atoms with Gasteiger partial charge < -0.3 is 5.32 Å². The number of hydrogen-bond acceptors (Lipinski definition) is 3. The highest BCUT2D eigenvalue weighted by Gasteiger charge is 2.26. The number of allylic oxidation sites excluding steroid dienone is 2. The zero-order valence-corrected chi connectivity index (χ0v) is 11.2. The van der Waals surface area contributed by atoms with Crippen LogP contribution in [-0.2, 0) is 0 Å².